The van der Waals surface area contributed by atoms with Gasteiger partial charge in [0.15, 0.2) is 0 Å². The molecule has 204 valence electrons. The van der Waals surface area contributed by atoms with E-state index in [0.29, 0.717) is 5.56 Å². The van der Waals surface area contributed by atoms with E-state index in [1.54, 1.807) is 36.4 Å². The van der Waals surface area contributed by atoms with Gasteiger partial charge in [0, 0.05) is 5.56 Å². The molecule has 0 saturated heterocycles. The summed E-state index contributed by atoms with van der Waals surface area (Å²) in [6, 6.07) is 28.6. The molecule has 4 aromatic carbocycles. The highest BCUT2D eigenvalue weighted by Crippen LogP contribution is 2.18. The van der Waals surface area contributed by atoms with Gasteiger partial charge in [-0.25, -0.2) is 4.79 Å². The molecule has 0 aliphatic rings. The summed E-state index contributed by atoms with van der Waals surface area (Å²) in [5, 5.41) is 6.86. The molecule has 0 spiro atoms. The van der Waals surface area contributed by atoms with Gasteiger partial charge >= 0.3 is 11.9 Å². The molecule has 0 aromatic heterocycles. The second-order valence-corrected chi connectivity index (χ2v) is 9.23. The Morgan fingerprint density at radius 1 is 0.675 bits per heavy atom. The lowest BCUT2D eigenvalue weighted by Gasteiger charge is -2.20. The van der Waals surface area contributed by atoms with Gasteiger partial charge in [0.25, 0.3) is 5.91 Å². The van der Waals surface area contributed by atoms with Gasteiger partial charge in [-0.15, -0.1) is 0 Å². The first kappa shape index (κ1) is 28.0. The van der Waals surface area contributed by atoms with E-state index < -0.39 is 42.3 Å². The quantitative estimate of drug-likeness (QED) is 0.275. The molecular weight excluding hydrogens is 508 g/mol. The lowest BCUT2D eigenvalue weighted by molar-refractivity contribution is -0.155. The van der Waals surface area contributed by atoms with Crippen LogP contribution in [-0.4, -0.2) is 35.8 Å². The maximum atomic E-state index is 13.0. The van der Waals surface area contributed by atoms with Crippen LogP contribution >= 0.6 is 0 Å². The summed E-state index contributed by atoms with van der Waals surface area (Å²) >= 11 is 0. The molecule has 8 heteroatoms. The van der Waals surface area contributed by atoms with Gasteiger partial charge in [0.2, 0.25) is 5.91 Å². The lowest BCUT2D eigenvalue weighted by Crippen LogP contribution is -2.51. The van der Waals surface area contributed by atoms with Crippen molar-refractivity contribution < 1.29 is 28.7 Å². The number of rotatable bonds is 11. The van der Waals surface area contributed by atoms with Crippen LogP contribution in [-0.2, 0) is 37.1 Å². The monoisotopic (exact) mass is 538 g/mol. The fourth-order valence-corrected chi connectivity index (χ4v) is 4.05. The van der Waals surface area contributed by atoms with Crippen LogP contribution in [0.3, 0.4) is 0 Å². The average molecular weight is 539 g/mol. The number of fused-ring (bicyclic) bond motifs is 1. The Hall–Kier alpha value is -4.98. The van der Waals surface area contributed by atoms with Crippen LogP contribution < -0.4 is 10.6 Å². The summed E-state index contributed by atoms with van der Waals surface area (Å²) in [5.74, 6) is -2.56. The molecule has 2 amide bonds. The summed E-state index contributed by atoms with van der Waals surface area (Å²) in [6.45, 7) is 1.49. The second-order valence-electron chi connectivity index (χ2n) is 9.23. The first-order valence-corrected chi connectivity index (χ1v) is 12.9. The molecule has 8 nitrogen and oxygen atoms in total. The predicted octanol–water partition coefficient (Wildman–Crippen LogP) is 4.32. The van der Waals surface area contributed by atoms with E-state index in [2.05, 4.69) is 10.6 Å². The first-order valence-electron chi connectivity index (χ1n) is 12.9. The summed E-state index contributed by atoms with van der Waals surface area (Å²) in [6.07, 6.45) is -0.434. The fraction of sp³-hybridized carbons (Fsp3) is 0.188. The number of hydrogen-bond donors (Lipinski definition) is 2. The van der Waals surface area contributed by atoms with E-state index in [-0.39, 0.29) is 13.2 Å². The van der Waals surface area contributed by atoms with Crippen LogP contribution in [0, 0.1) is 0 Å². The van der Waals surface area contributed by atoms with Crippen molar-refractivity contribution in [3.05, 3.63) is 120 Å². The maximum absolute atomic E-state index is 13.0. The highest BCUT2D eigenvalue weighted by atomic mass is 16.5. The number of benzene rings is 4. The zero-order chi connectivity index (χ0) is 28.3. The molecule has 2 atom stereocenters. The van der Waals surface area contributed by atoms with Crippen LogP contribution in [0.25, 0.3) is 10.8 Å². The molecule has 0 bridgehead atoms. The van der Waals surface area contributed by atoms with Crippen molar-refractivity contribution >= 4 is 34.5 Å². The van der Waals surface area contributed by atoms with E-state index in [1.807, 2.05) is 66.7 Å². The molecule has 2 unspecified atom stereocenters. The average Bonchev–Trinajstić information content (AvgIpc) is 2.99. The van der Waals surface area contributed by atoms with E-state index in [4.69, 9.17) is 9.47 Å². The fourth-order valence-electron chi connectivity index (χ4n) is 4.05. The minimum atomic E-state index is -1.31. The van der Waals surface area contributed by atoms with Crippen molar-refractivity contribution in [1.82, 2.24) is 10.6 Å². The zero-order valence-electron chi connectivity index (χ0n) is 22.0. The number of hydrogen-bond acceptors (Lipinski definition) is 6. The van der Waals surface area contributed by atoms with Gasteiger partial charge in [-0.1, -0.05) is 97.1 Å². The van der Waals surface area contributed by atoms with Crippen LogP contribution in [0.2, 0.25) is 0 Å². The van der Waals surface area contributed by atoms with Gasteiger partial charge in [0.05, 0.1) is 6.42 Å². The summed E-state index contributed by atoms with van der Waals surface area (Å²) in [4.78, 5) is 51.6. The Labute approximate surface area is 232 Å². The number of carbonyl (C=O) groups is 4. The number of ether oxygens (including phenoxy) is 2. The van der Waals surface area contributed by atoms with Crippen molar-refractivity contribution in [2.45, 2.75) is 38.6 Å². The number of carbonyl (C=O) groups excluding carboxylic acids is 4. The van der Waals surface area contributed by atoms with Crippen molar-refractivity contribution in [2.24, 2.45) is 0 Å². The zero-order valence-corrected chi connectivity index (χ0v) is 22.0. The number of nitrogens with one attached hydrogen (secondary N) is 2. The van der Waals surface area contributed by atoms with E-state index >= 15 is 0 Å². The third kappa shape index (κ3) is 7.77. The van der Waals surface area contributed by atoms with E-state index in [9.17, 15) is 19.2 Å². The molecule has 40 heavy (non-hydrogen) atoms. The Kier molecular flexibility index (Phi) is 9.61. The normalized spacial score (nSPS) is 12.1. The van der Waals surface area contributed by atoms with E-state index in [0.717, 1.165) is 21.9 Å². The molecule has 0 aliphatic heterocycles. The van der Waals surface area contributed by atoms with Crippen LogP contribution in [0.15, 0.2) is 103 Å². The minimum Gasteiger partial charge on any atom is -0.461 e. The second kappa shape index (κ2) is 13.7. The smallest absolute Gasteiger partial charge is 0.329 e. The molecule has 0 heterocycles. The summed E-state index contributed by atoms with van der Waals surface area (Å²) < 4.78 is 10.7. The van der Waals surface area contributed by atoms with Crippen molar-refractivity contribution in [3.8, 4) is 0 Å². The first-order chi connectivity index (χ1) is 19.4. The van der Waals surface area contributed by atoms with Crippen molar-refractivity contribution in [2.75, 3.05) is 0 Å². The van der Waals surface area contributed by atoms with Gasteiger partial charge < -0.3 is 20.1 Å². The van der Waals surface area contributed by atoms with Gasteiger partial charge in [-0.05, 0) is 34.9 Å². The highest BCUT2D eigenvalue weighted by molar-refractivity contribution is 6.08. The van der Waals surface area contributed by atoms with E-state index in [1.165, 1.54) is 6.92 Å². The van der Waals surface area contributed by atoms with Gasteiger partial charge in [0.1, 0.15) is 25.3 Å². The van der Waals surface area contributed by atoms with Crippen molar-refractivity contribution in [3.63, 3.8) is 0 Å². The van der Waals surface area contributed by atoms with Gasteiger partial charge in [-0.2, -0.15) is 0 Å². The molecule has 0 radical (unpaired) electrons. The third-order valence-electron chi connectivity index (χ3n) is 6.21. The van der Waals surface area contributed by atoms with Crippen LogP contribution in [0.1, 0.15) is 34.8 Å². The molecule has 4 rings (SSSR count). The topological polar surface area (TPSA) is 111 Å². The van der Waals surface area contributed by atoms with Crippen LogP contribution in [0.5, 0.6) is 0 Å². The Morgan fingerprint density at radius 2 is 1.25 bits per heavy atom. The van der Waals surface area contributed by atoms with Crippen LogP contribution in [0.4, 0.5) is 0 Å². The molecule has 4 aromatic rings. The molecule has 0 aliphatic carbocycles. The molecule has 0 saturated carbocycles. The SMILES string of the molecule is CC(NC(=O)c1cccc2ccccc12)C(=O)NC(CC(=O)OCc1ccccc1)C(=O)OCc1ccccc1. The summed E-state index contributed by atoms with van der Waals surface area (Å²) in [5.41, 5.74) is 1.96. The maximum Gasteiger partial charge on any atom is 0.329 e. The molecular formula is C32H30N2O6. The minimum absolute atomic E-state index is 0.0247. The lowest BCUT2D eigenvalue weighted by atomic mass is 10.0. The Balaban J connectivity index is 1.40. The summed E-state index contributed by atoms with van der Waals surface area (Å²) in [7, 11) is 0. The Bertz CT molecular complexity index is 1470. The predicted molar refractivity (Wildman–Crippen MR) is 150 cm³/mol. The standard InChI is InChI=1S/C32H30N2O6/c1-22(33-31(37)27-18-10-16-25-15-8-9-17-26(25)27)30(36)34-28(32(38)40-21-24-13-6-3-7-14-24)19-29(35)39-20-23-11-4-2-5-12-23/h2-18,22,28H,19-21H2,1H3,(H,33,37)(H,34,36). The number of esters is 2. The Morgan fingerprint density at radius 3 is 1.93 bits per heavy atom. The third-order valence-corrected chi connectivity index (χ3v) is 6.21. The molecule has 2 N–H and O–H groups in total. The van der Waals surface area contributed by atoms with Crippen molar-refractivity contribution in [1.29, 1.82) is 0 Å². The largest absolute Gasteiger partial charge is 0.461 e. The van der Waals surface area contributed by atoms with Gasteiger partial charge in [-0.3, -0.25) is 14.4 Å². The number of amides is 2. The highest BCUT2D eigenvalue weighted by Gasteiger charge is 2.29. The molecule has 0 fully saturated rings.